The Hall–Kier alpha value is -2.17. The summed E-state index contributed by atoms with van der Waals surface area (Å²) in [4.78, 5) is 23.2. The molecule has 2 rings (SSSR count). The number of ketones is 1. The van der Waals surface area contributed by atoms with Gasteiger partial charge in [0.1, 0.15) is 12.9 Å². The zero-order chi connectivity index (χ0) is 12.3. The first-order valence-electron chi connectivity index (χ1n) is 5.31. The van der Waals surface area contributed by atoms with Crippen LogP contribution in [0.5, 0.6) is 0 Å². The number of hydrogen-bond acceptors (Lipinski definition) is 3. The van der Waals surface area contributed by atoms with Crippen LogP contribution < -0.4 is 5.69 Å². The van der Waals surface area contributed by atoms with Gasteiger partial charge in [-0.25, -0.2) is 9.48 Å². The molecule has 0 fully saturated rings. The lowest BCUT2D eigenvalue weighted by molar-refractivity contribution is -0.119. The molecular formula is C12H13N3O2. The average Bonchev–Trinajstić information content (AvgIpc) is 2.62. The van der Waals surface area contributed by atoms with E-state index < -0.39 is 0 Å². The molecule has 2 aromatic rings. The van der Waals surface area contributed by atoms with Crippen LogP contribution in [0.15, 0.2) is 41.5 Å². The van der Waals surface area contributed by atoms with Gasteiger partial charge in [0.05, 0.1) is 0 Å². The van der Waals surface area contributed by atoms with Gasteiger partial charge in [-0.05, 0) is 5.56 Å². The summed E-state index contributed by atoms with van der Waals surface area (Å²) >= 11 is 0. The second-order valence-electron chi connectivity index (χ2n) is 3.88. The normalized spacial score (nSPS) is 10.4. The van der Waals surface area contributed by atoms with Gasteiger partial charge in [-0.1, -0.05) is 30.3 Å². The molecule has 0 aliphatic heterocycles. The summed E-state index contributed by atoms with van der Waals surface area (Å²) in [5.74, 6) is -0.0306. The predicted molar refractivity (Wildman–Crippen MR) is 62.6 cm³/mol. The third-order valence-corrected chi connectivity index (χ3v) is 2.46. The summed E-state index contributed by atoms with van der Waals surface area (Å²) in [6.45, 7) is 0.0224. The van der Waals surface area contributed by atoms with Gasteiger partial charge in [-0.2, -0.15) is 5.10 Å². The van der Waals surface area contributed by atoms with Crippen LogP contribution in [-0.4, -0.2) is 20.1 Å². The van der Waals surface area contributed by atoms with Crippen molar-refractivity contribution in [2.75, 3.05) is 0 Å². The topological polar surface area (TPSA) is 56.9 Å². The largest absolute Gasteiger partial charge is 0.345 e. The number of benzene rings is 1. The number of carbonyl (C=O) groups is 1. The van der Waals surface area contributed by atoms with E-state index in [1.165, 1.54) is 15.6 Å². The third-order valence-electron chi connectivity index (χ3n) is 2.46. The summed E-state index contributed by atoms with van der Waals surface area (Å²) < 4.78 is 2.51. The van der Waals surface area contributed by atoms with Crippen molar-refractivity contribution in [3.05, 3.63) is 52.7 Å². The van der Waals surface area contributed by atoms with Crippen molar-refractivity contribution in [3.8, 4) is 0 Å². The molecule has 0 amide bonds. The van der Waals surface area contributed by atoms with Crippen molar-refractivity contribution >= 4 is 5.78 Å². The SMILES string of the molecule is Cn1cnn(CC(=O)Cc2ccccc2)c1=O. The minimum atomic E-state index is -0.272. The highest BCUT2D eigenvalue weighted by atomic mass is 16.2. The second-order valence-corrected chi connectivity index (χ2v) is 3.88. The standard InChI is InChI=1S/C12H13N3O2/c1-14-9-13-15(12(14)17)8-11(16)7-10-5-3-2-4-6-10/h2-6,9H,7-8H2,1H3. The van der Waals surface area contributed by atoms with Gasteiger partial charge in [-0.3, -0.25) is 9.36 Å². The number of carbonyl (C=O) groups excluding carboxylic acids is 1. The zero-order valence-electron chi connectivity index (χ0n) is 9.54. The number of hydrogen-bond donors (Lipinski definition) is 0. The van der Waals surface area contributed by atoms with E-state index in [-0.39, 0.29) is 18.0 Å². The highest BCUT2D eigenvalue weighted by molar-refractivity contribution is 5.80. The lowest BCUT2D eigenvalue weighted by Crippen LogP contribution is -2.27. The molecular weight excluding hydrogens is 218 g/mol. The summed E-state index contributed by atoms with van der Waals surface area (Å²) in [5.41, 5.74) is 0.674. The molecule has 0 aliphatic rings. The lowest BCUT2D eigenvalue weighted by atomic mass is 10.1. The molecule has 5 nitrogen and oxygen atoms in total. The molecule has 5 heteroatoms. The van der Waals surface area contributed by atoms with Crippen LogP contribution >= 0.6 is 0 Å². The van der Waals surface area contributed by atoms with Crippen molar-refractivity contribution in [2.24, 2.45) is 7.05 Å². The molecule has 0 bridgehead atoms. The Morgan fingerprint density at radius 2 is 2.00 bits per heavy atom. The minimum Gasteiger partial charge on any atom is -0.297 e. The van der Waals surface area contributed by atoms with E-state index in [1.54, 1.807) is 7.05 Å². The summed E-state index contributed by atoms with van der Waals surface area (Å²) in [6.07, 6.45) is 1.72. The van der Waals surface area contributed by atoms with Crippen LogP contribution in [0.3, 0.4) is 0 Å². The van der Waals surface area contributed by atoms with Crippen molar-refractivity contribution in [3.63, 3.8) is 0 Å². The Balaban J connectivity index is 2.03. The average molecular weight is 231 g/mol. The van der Waals surface area contributed by atoms with E-state index in [4.69, 9.17) is 0 Å². The maximum absolute atomic E-state index is 11.7. The van der Waals surface area contributed by atoms with E-state index in [1.807, 2.05) is 30.3 Å². The van der Waals surface area contributed by atoms with Crippen LogP contribution in [0, 0.1) is 0 Å². The molecule has 0 saturated heterocycles. The highest BCUT2D eigenvalue weighted by Crippen LogP contribution is 2.00. The van der Waals surface area contributed by atoms with Gasteiger partial charge in [0, 0.05) is 13.5 Å². The fourth-order valence-electron chi connectivity index (χ4n) is 1.58. The molecule has 0 saturated carbocycles. The molecule has 0 unspecified atom stereocenters. The molecule has 0 N–H and O–H groups in total. The Morgan fingerprint density at radius 3 is 2.59 bits per heavy atom. The monoisotopic (exact) mass is 231 g/mol. The maximum atomic E-state index is 11.7. The van der Waals surface area contributed by atoms with Crippen LogP contribution in [0.4, 0.5) is 0 Å². The summed E-state index contributed by atoms with van der Waals surface area (Å²) in [6, 6.07) is 9.44. The van der Waals surface area contributed by atoms with Crippen LogP contribution in [0.25, 0.3) is 0 Å². The number of aromatic nitrogens is 3. The Kier molecular flexibility index (Phi) is 3.18. The molecule has 0 atom stereocenters. The summed E-state index contributed by atoms with van der Waals surface area (Å²) in [7, 11) is 1.60. The Morgan fingerprint density at radius 1 is 1.29 bits per heavy atom. The van der Waals surface area contributed by atoms with Gasteiger partial charge in [0.15, 0.2) is 5.78 Å². The van der Waals surface area contributed by atoms with Crippen LogP contribution in [0.1, 0.15) is 5.56 Å². The van der Waals surface area contributed by atoms with Crippen LogP contribution in [0.2, 0.25) is 0 Å². The Bertz CT molecular complexity index is 569. The maximum Gasteiger partial charge on any atom is 0.345 e. The second kappa shape index (κ2) is 4.78. The van der Waals surface area contributed by atoms with Gasteiger partial charge in [-0.15, -0.1) is 0 Å². The number of Topliss-reactive ketones (excluding diaryl/α,β-unsaturated/α-hetero) is 1. The third kappa shape index (κ3) is 2.69. The number of aryl methyl sites for hydroxylation is 1. The molecule has 1 heterocycles. The summed E-state index contributed by atoms with van der Waals surface area (Å²) in [5, 5.41) is 3.84. The van der Waals surface area contributed by atoms with Gasteiger partial charge < -0.3 is 0 Å². The van der Waals surface area contributed by atoms with E-state index in [0.717, 1.165) is 5.56 Å². The quantitative estimate of drug-likeness (QED) is 0.765. The van der Waals surface area contributed by atoms with Gasteiger partial charge in [0.2, 0.25) is 0 Å². The van der Waals surface area contributed by atoms with E-state index in [9.17, 15) is 9.59 Å². The van der Waals surface area contributed by atoms with Crippen molar-refractivity contribution in [1.29, 1.82) is 0 Å². The van der Waals surface area contributed by atoms with Gasteiger partial charge >= 0.3 is 5.69 Å². The number of rotatable bonds is 4. The molecule has 1 aromatic heterocycles. The van der Waals surface area contributed by atoms with E-state index in [0.29, 0.717) is 6.42 Å². The molecule has 0 radical (unpaired) electrons. The minimum absolute atomic E-state index is 0.0224. The lowest BCUT2D eigenvalue weighted by Gasteiger charge is -2.00. The van der Waals surface area contributed by atoms with E-state index >= 15 is 0 Å². The Labute approximate surface area is 98.3 Å². The highest BCUT2D eigenvalue weighted by Gasteiger charge is 2.08. The molecule has 88 valence electrons. The molecule has 0 aliphatic carbocycles. The van der Waals surface area contributed by atoms with E-state index in [2.05, 4.69) is 5.10 Å². The molecule has 1 aromatic carbocycles. The number of nitrogens with zero attached hydrogens (tertiary/aromatic N) is 3. The van der Waals surface area contributed by atoms with Crippen molar-refractivity contribution < 1.29 is 4.79 Å². The predicted octanol–water partition coefficient (Wildman–Crippen LogP) is 0.394. The molecule has 0 spiro atoms. The van der Waals surface area contributed by atoms with Gasteiger partial charge in [0.25, 0.3) is 0 Å². The first-order chi connectivity index (χ1) is 8.16. The zero-order valence-corrected chi connectivity index (χ0v) is 9.54. The van der Waals surface area contributed by atoms with Crippen LogP contribution in [-0.2, 0) is 24.8 Å². The fourth-order valence-corrected chi connectivity index (χ4v) is 1.58. The van der Waals surface area contributed by atoms with Crippen molar-refractivity contribution in [2.45, 2.75) is 13.0 Å². The fraction of sp³-hybridized carbons (Fsp3) is 0.250. The first-order valence-corrected chi connectivity index (χ1v) is 5.31. The molecule has 17 heavy (non-hydrogen) atoms. The van der Waals surface area contributed by atoms with Crippen molar-refractivity contribution in [1.82, 2.24) is 14.3 Å². The first kappa shape index (κ1) is 11.3. The smallest absolute Gasteiger partial charge is 0.297 e.